The number of thioether (sulfide) groups is 1. The molecule has 94 valence electrons. The third-order valence-electron chi connectivity index (χ3n) is 2.00. The van der Waals surface area contributed by atoms with Crippen LogP contribution in [0.15, 0.2) is 31.8 Å². The molecule has 8 heteroatoms. The predicted octanol–water partition coefficient (Wildman–Crippen LogP) is 2.83. The molecule has 3 N–H and O–H groups in total. The van der Waals surface area contributed by atoms with E-state index in [0.29, 0.717) is 14.8 Å². The smallest absolute Gasteiger partial charge is 0.179 e. The minimum Gasteiger partial charge on any atom is -0.384 e. The van der Waals surface area contributed by atoms with Crippen molar-refractivity contribution in [2.75, 3.05) is 6.26 Å². The zero-order chi connectivity index (χ0) is 13.1. The van der Waals surface area contributed by atoms with E-state index < -0.39 is 5.82 Å². The highest BCUT2D eigenvalue weighted by Gasteiger charge is 2.10. The molecule has 0 spiro atoms. The summed E-state index contributed by atoms with van der Waals surface area (Å²) in [5, 5.41) is 15.1. The van der Waals surface area contributed by atoms with E-state index in [1.165, 1.54) is 40.9 Å². The lowest BCUT2D eigenvalue weighted by Gasteiger charge is -2.02. The molecular weight excluding hydrogens is 291 g/mol. The van der Waals surface area contributed by atoms with Crippen LogP contribution in [-0.2, 0) is 0 Å². The van der Waals surface area contributed by atoms with Gasteiger partial charge in [0, 0.05) is 5.56 Å². The van der Waals surface area contributed by atoms with Crippen molar-refractivity contribution in [1.82, 2.24) is 10.2 Å². The van der Waals surface area contributed by atoms with Crippen LogP contribution >= 0.6 is 34.9 Å². The Morgan fingerprint density at radius 3 is 2.67 bits per heavy atom. The van der Waals surface area contributed by atoms with Crippen molar-refractivity contribution in [3.05, 3.63) is 29.6 Å². The first kappa shape index (κ1) is 13.3. The maximum absolute atomic E-state index is 13.8. The average Bonchev–Trinajstić information content (AvgIpc) is 2.79. The van der Waals surface area contributed by atoms with Crippen molar-refractivity contribution in [2.45, 2.75) is 13.6 Å². The molecule has 0 radical (unpaired) electrons. The van der Waals surface area contributed by atoms with Crippen molar-refractivity contribution in [3.8, 4) is 0 Å². The molecule has 0 unspecified atom stereocenters. The molecule has 0 atom stereocenters. The highest BCUT2D eigenvalue weighted by atomic mass is 32.2. The Balaban J connectivity index is 2.21. The number of hydrogen-bond donors (Lipinski definition) is 2. The zero-order valence-electron chi connectivity index (χ0n) is 9.31. The highest BCUT2D eigenvalue weighted by molar-refractivity contribution is 8.03. The predicted molar refractivity (Wildman–Crippen MR) is 73.2 cm³/mol. The van der Waals surface area contributed by atoms with E-state index in [-0.39, 0.29) is 5.84 Å². The lowest BCUT2D eigenvalue weighted by molar-refractivity contribution is 0.601. The third kappa shape index (κ3) is 3.01. The number of nitrogens with zero attached hydrogens (tertiary/aromatic N) is 2. The molecule has 1 heterocycles. The van der Waals surface area contributed by atoms with Crippen molar-refractivity contribution >= 4 is 40.7 Å². The van der Waals surface area contributed by atoms with Gasteiger partial charge in [0.1, 0.15) is 11.7 Å². The fourth-order valence-electron chi connectivity index (χ4n) is 1.17. The van der Waals surface area contributed by atoms with Crippen molar-refractivity contribution in [3.63, 3.8) is 0 Å². The first-order chi connectivity index (χ1) is 8.60. The second kappa shape index (κ2) is 5.68. The van der Waals surface area contributed by atoms with Gasteiger partial charge in [0.25, 0.3) is 0 Å². The molecule has 0 amide bonds. The van der Waals surface area contributed by atoms with E-state index in [1.807, 2.05) is 6.26 Å². The molecule has 4 nitrogen and oxygen atoms in total. The number of nitrogens with one attached hydrogen (secondary N) is 1. The van der Waals surface area contributed by atoms with E-state index in [9.17, 15) is 4.39 Å². The Kier molecular flexibility index (Phi) is 4.20. The minimum absolute atomic E-state index is 0.147. The molecule has 0 fully saturated rings. The Morgan fingerprint density at radius 2 is 2.11 bits per heavy atom. The Bertz CT molecular complexity index is 584. The molecule has 1 aromatic carbocycles. The van der Waals surface area contributed by atoms with Crippen molar-refractivity contribution < 1.29 is 4.39 Å². The fraction of sp³-hybridized carbons (Fsp3) is 0.100. The average molecular weight is 300 g/mol. The van der Waals surface area contributed by atoms with Gasteiger partial charge in [-0.25, -0.2) is 4.39 Å². The van der Waals surface area contributed by atoms with Gasteiger partial charge in [-0.2, -0.15) is 0 Å². The Hall–Kier alpha value is -1.12. The van der Waals surface area contributed by atoms with Gasteiger partial charge < -0.3 is 5.73 Å². The van der Waals surface area contributed by atoms with Crippen LogP contribution in [0, 0.1) is 11.2 Å². The highest BCUT2D eigenvalue weighted by Crippen LogP contribution is 2.34. The summed E-state index contributed by atoms with van der Waals surface area (Å²) in [5.74, 6) is -0.556. The molecule has 18 heavy (non-hydrogen) atoms. The maximum atomic E-state index is 13.8. The second-order valence-corrected chi connectivity index (χ2v) is 6.52. The molecule has 0 saturated carbocycles. The summed E-state index contributed by atoms with van der Waals surface area (Å²) in [5.41, 5.74) is 5.67. The Morgan fingerprint density at radius 1 is 1.39 bits per heavy atom. The number of benzene rings is 1. The van der Waals surface area contributed by atoms with E-state index >= 15 is 0 Å². The molecular formula is C10H9FN4S3. The number of nitrogens with two attached hydrogens (primary N) is 1. The van der Waals surface area contributed by atoms with Crippen LogP contribution in [0.3, 0.4) is 0 Å². The molecule has 0 aliphatic rings. The van der Waals surface area contributed by atoms with E-state index in [1.54, 1.807) is 12.1 Å². The minimum atomic E-state index is -0.409. The summed E-state index contributed by atoms with van der Waals surface area (Å²) in [6, 6.07) is 4.46. The quantitative estimate of drug-likeness (QED) is 0.516. The topological polar surface area (TPSA) is 75.7 Å². The standard InChI is InChI=1S/C10H9FN4S3/c1-16-9-14-15-10(18-9)17-7-3-2-5(8(12)13)4-6(7)11/h2-4H,1H3,(H3,12,13). The normalized spacial score (nSPS) is 10.6. The van der Waals surface area contributed by atoms with E-state index in [0.717, 1.165) is 4.34 Å². The van der Waals surface area contributed by atoms with Gasteiger partial charge in [-0.1, -0.05) is 34.9 Å². The van der Waals surface area contributed by atoms with Crippen LogP contribution in [0.1, 0.15) is 5.56 Å². The van der Waals surface area contributed by atoms with Crippen LogP contribution in [0.5, 0.6) is 0 Å². The van der Waals surface area contributed by atoms with Crippen LogP contribution in [0.4, 0.5) is 4.39 Å². The number of amidine groups is 1. The van der Waals surface area contributed by atoms with E-state index in [2.05, 4.69) is 10.2 Å². The van der Waals surface area contributed by atoms with Crippen molar-refractivity contribution in [1.29, 1.82) is 5.41 Å². The van der Waals surface area contributed by atoms with E-state index in [4.69, 9.17) is 11.1 Å². The monoisotopic (exact) mass is 300 g/mol. The number of nitrogen functional groups attached to an aromatic ring is 1. The first-order valence-electron chi connectivity index (χ1n) is 4.79. The SMILES string of the molecule is CSc1nnc(Sc2ccc(C(=N)N)cc2F)s1. The largest absolute Gasteiger partial charge is 0.384 e. The van der Waals surface area contributed by atoms with Crippen LogP contribution in [-0.4, -0.2) is 22.3 Å². The fourth-order valence-corrected chi connectivity index (χ4v) is 3.56. The number of hydrogen-bond acceptors (Lipinski definition) is 6. The summed E-state index contributed by atoms with van der Waals surface area (Å²) in [6.45, 7) is 0. The summed E-state index contributed by atoms with van der Waals surface area (Å²) in [4.78, 5) is 0.448. The molecule has 0 bridgehead atoms. The Labute approximate surface area is 116 Å². The van der Waals surface area contributed by atoms with Crippen LogP contribution in [0.25, 0.3) is 0 Å². The molecule has 1 aromatic heterocycles. The summed E-state index contributed by atoms with van der Waals surface area (Å²) >= 11 is 4.14. The zero-order valence-corrected chi connectivity index (χ0v) is 11.8. The first-order valence-corrected chi connectivity index (χ1v) is 7.65. The second-order valence-electron chi connectivity index (χ2n) is 3.20. The van der Waals surface area contributed by atoms with Gasteiger partial charge in [-0.3, -0.25) is 5.41 Å². The molecule has 0 aliphatic carbocycles. The lowest BCUT2D eigenvalue weighted by atomic mass is 10.2. The number of aromatic nitrogens is 2. The molecule has 0 aliphatic heterocycles. The van der Waals surface area contributed by atoms with Crippen LogP contribution < -0.4 is 5.73 Å². The molecule has 2 aromatic rings. The third-order valence-corrected chi connectivity index (χ3v) is 5.00. The molecule has 2 rings (SSSR count). The summed E-state index contributed by atoms with van der Waals surface area (Å²) in [7, 11) is 0. The van der Waals surface area contributed by atoms with Gasteiger partial charge in [-0.05, 0) is 24.5 Å². The summed E-state index contributed by atoms with van der Waals surface area (Å²) < 4.78 is 15.3. The van der Waals surface area contributed by atoms with Crippen molar-refractivity contribution in [2.24, 2.45) is 5.73 Å². The number of halogens is 1. The lowest BCUT2D eigenvalue weighted by Crippen LogP contribution is -2.11. The summed E-state index contributed by atoms with van der Waals surface area (Å²) in [6.07, 6.45) is 1.91. The van der Waals surface area contributed by atoms with Gasteiger partial charge in [0.2, 0.25) is 0 Å². The number of rotatable bonds is 4. The maximum Gasteiger partial charge on any atom is 0.179 e. The molecule has 0 saturated heterocycles. The van der Waals surface area contributed by atoms with Gasteiger partial charge in [0.05, 0.1) is 4.90 Å². The van der Waals surface area contributed by atoms with Gasteiger partial charge in [0.15, 0.2) is 8.68 Å². The van der Waals surface area contributed by atoms with Gasteiger partial charge >= 0.3 is 0 Å². The van der Waals surface area contributed by atoms with Crippen LogP contribution in [0.2, 0.25) is 0 Å². The van der Waals surface area contributed by atoms with Gasteiger partial charge in [-0.15, -0.1) is 10.2 Å².